The van der Waals surface area contributed by atoms with Crippen LogP contribution in [0.3, 0.4) is 0 Å². The van der Waals surface area contributed by atoms with Gasteiger partial charge in [0.25, 0.3) is 0 Å². The van der Waals surface area contributed by atoms with Gasteiger partial charge in [-0.3, -0.25) is 0 Å². The zero-order chi connectivity index (χ0) is 12.8. The number of carbonyl (C=O) groups is 1. The maximum atomic E-state index is 11.3. The molecule has 0 saturated heterocycles. The molecule has 1 atom stereocenters. The van der Waals surface area contributed by atoms with Crippen molar-refractivity contribution in [2.75, 3.05) is 6.61 Å². The molecule has 17 heavy (non-hydrogen) atoms. The monoisotopic (exact) mass is 298 g/mol. The van der Waals surface area contributed by atoms with Gasteiger partial charge in [0.15, 0.2) is 6.04 Å². The highest BCUT2D eigenvalue weighted by molar-refractivity contribution is 9.10. The number of hydrogen-bond acceptors (Lipinski definition) is 4. The second kappa shape index (κ2) is 6.49. The van der Waals surface area contributed by atoms with Crippen molar-refractivity contribution in [1.29, 1.82) is 0 Å². The number of carbonyl (C=O) groups excluding carboxylic acids is 1. The molecule has 0 aliphatic carbocycles. The van der Waals surface area contributed by atoms with Gasteiger partial charge in [-0.05, 0) is 44.5 Å². The number of ether oxygens (including phenoxy) is 1. The maximum Gasteiger partial charge on any atom is 0.332 e. The van der Waals surface area contributed by atoms with Crippen LogP contribution in [0.25, 0.3) is 0 Å². The molecule has 0 aliphatic heterocycles. The number of halogens is 1. The van der Waals surface area contributed by atoms with E-state index in [0.717, 1.165) is 15.7 Å². The molecule has 0 aliphatic rings. The molecule has 1 aromatic rings. The average Bonchev–Trinajstić information content (AvgIpc) is 2.27. The number of azo groups is 1. The van der Waals surface area contributed by atoms with Crippen LogP contribution in [0.2, 0.25) is 0 Å². The molecule has 0 radical (unpaired) electrons. The summed E-state index contributed by atoms with van der Waals surface area (Å²) in [6.07, 6.45) is 0. The topological polar surface area (TPSA) is 51.0 Å². The molecule has 0 bridgehead atoms. The van der Waals surface area contributed by atoms with Crippen molar-refractivity contribution in [1.82, 2.24) is 0 Å². The number of aryl methyl sites for hydroxylation is 1. The lowest BCUT2D eigenvalue weighted by Crippen LogP contribution is -2.17. The van der Waals surface area contributed by atoms with Crippen molar-refractivity contribution in [2.24, 2.45) is 10.2 Å². The molecule has 0 saturated carbocycles. The summed E-state index contributed by atoms with van der Waals surface area (Å²) in [5, 5.41) is 7.99. The third-order valence-electron chi connectivity index (χ3n) is 2.13. The zero-order valence-corrected chi connectivity index (χ0v) is 11.7. The van der Waals surface area contributed by atoms with Gasteiger partial charge in [0, 0.05) is 4.47 Å². The summed E-state index contributed by atoms with van der Waals surface area (Å²) in [6, 6.07) is 5.11. The Balaban J connectivity index is 2.73. The van der Waals surface area contributed by atoms with Crippen molar-refractivity contribution >= 4 is 27.6 Å². The Morgan fingerprint density at radius 1 is 1.53 bits per heavy atom. The number of nitrogens with zero attached hydrogens (tertiary/aromatic N) is 2. The van der Waals surface area contributed by atoms with Gasteiger partial charge in [0.1, 0.15) is 0 Å². The summed E-state index contributed by atoms with van der Waals surface area (Å²) >= 11 is 3.37. The van der Waals surface area contributed by atoms with Gasteiger partial charge in [0.05, 0.1) is 12.3 Å². The molecule has 1 unspecified atom stereocenters. The van der Waals surface area contributed by atoms with Crippen molar-refractivity contribution in [3.8, 4) is 0 Å². The summed E-state index contributed by atoms with van der Waals surface area (Å²) in [4.78, 5) is 11.3. The first-order chi connectivity index (χ1) is 8.04. The molecule has 5 heteroatoms. The van der Waals surface area contributed by atoms with Crippen LogP contribution in [0.4, 0.5) is 5.69 Å². The molecule has 4 nitrogen and oxygen atoms in total. The van der Waals surface area contributed by atoms with Crippen LogP contribution in [0.5, 0.6) is 0 Å². The highest BCUT2D eigenvalue weighted by Gasteiger charge is 2.12. The van der Waals surface area contributed by atoms with E-state index in [2.05, 4.69) is 26.2 Å². The van der Waals surface area contributed by atoms with Gasteiger partial charge in [-0.15, -0.1) is 0 Å². The third-order valence-corrected chi connectivity index (χ3v) is 2.62. The van der Waals surface area contributed by atoms with E-state index in [1.807, 2.05) is 25.1 Å². The van der Waals surface area contributed by atoms with Crippen LogP contribution in [0.15, 0.2) is 32.9 Å². The molecule has 0 N–H and O–H groups in total. The summed E-state index contributed by atoms with van der Waals surface area (Å²) in [5.41, 5.74) is 1.75. The number of hydrogen-bond donors (Lipinski definition) is 0. The maximum absolute atomic E-state index is 11.3. The van der Waals surface area contributed by atoms with E-state index < -0.39 is 6.04 Å². The molecule has 0 amide bonds. The summed E-state index contributed by atoms with van der Waals surface area (Å²) in [6.45, 7) is 5.72. The van der Waals surface area contributed by atoms with E-state index in [0.29, 0.717) is 6.61 Å². The van der Waals surface area contributed by atoms with Gasteiger partial charge >= 0.3 is 5.97 Å². The molecule has 0 heterocycles. The standard InChI is InChI=1S/C12H15BrN2O2/c1-4-17-12(16)9(3)14-15-11-6-5-10(13)7-8(11)2/h5-7,9H,4H2,1-3H3. The fourth-order valence-corrected chi connectivity index (χ4v) is 1.67. The van der Waals surface area contributed by atoms with E-state index in [1.165, 1.54) is 0 Å². The molecule has 0 fully saturated rings. The second-order valence-corrected chi connectivity index (χ2v) is 4.49. The van der Waals surface area contributed by atoms with Crippen molar-refractivity contribution < 1.29 is 9.53 Å². The predicted molar refractivity (Wildman–Crippen MR) is 69.5 cm³/mol. The first-order valence-electron chi connectivity index (χ1n) is 5.38. The Hall–Kier alpha value is -1.23. The van der Waals surface area contributed by atoms with Crippen LogP contribution in [-0.2, 0) is 9.53 Å². The first kappa shape index (κ1) is 13.8. The Bertz CT molecular complexity index is 433. The minimum atomic E-state index is -0.571. The largest absolute Gasteiger partial charge is 0.464 e. The second-order valence-electron chi connectivity index (χ2n) is 3.57. The first-order valence-corrected chi connectivity index (χ1v) is 6.17. The van der Waals surface area contributed by atoms with Crippen molar-refractivity contribution in [3.05, 3.63) is 28.2 Å². The molecule has 0 aromatic heterocycles. The molecule has 0 spiro atoms. The van der Waals surface area contributed by atoms with E-state index in [1.54, 1.807) is 13.8 Å². The van der Waals surface area contributed by atoms with E-state index in [9.17, 15) is 4.79 Å². The molecular weight excluding hydrogens is 284 g/mol. The lowest BCUT2D eigenvalue weighted by atomic mass is 10.2. The van der Waals surface area contributed by atoms with Crippen LogP contribution < -0.4 is 0 Å². The predicted octanol–water partition coefficient (Wildman–Crippen LogP) is 3.79. The lowest BCUT2D eigenvalue weighted by molar-refractivity contribution is -0.144. The van der Waals surface area contributed by atoms with Gasteiger partial charge < -0.3 is 4.74 Å². The molecular formula is C12H15BrN2O2. The molecule has 1 rings (SSSR count). The zero-order valence-electron chi connectivity index (χ0n) is 10.1. The summed E-state index contributed by atoms with van der Waals surface area (Å²) < 4.78 is 5.83. The lowest BCUT2D eigenvalue weighted by Gasteiger charge is -2.04. The summed E-state index contributed by atoms with van der Waals surface area (Å²) in [5.74, 6) is -0.356. The van der Waals surface area contributed by atoms with Crippen LogP contribution in [0.1, 0.15) is 19.4 Å². The highest BCUT2D eigenvalue weighted by Crippen LogP contribution is 2.23. The Morgan fingerprint density at radius 2 is 2.24 bits per heavy atom. The average molecular weight is 299 g/mol. The number of rotatable bonds is 4. The van der Waals surface area contributed by atoms with Gasteiger partial charge in [-0.1, -0.05) is 15.9 Å². The van der Waals surface area contributed by atoms with Gasteiger partial charge in [0.2, 0.25) is 0 Å². The fraction of sp³-hybridized carbons (Fsp3) is 0.417. The van der Waals surface area contributed by atoms with Crippen LogP contribution in [0, 0.1) is 6.92 Å². The normalized spacial score (nSPS) is 12.7. The quantitative estimate of drug-likeness (QED) is 0.627. The van der Waals surface area contributed by atoms with Crippen LogP contribution >= 0.6 is 15.9 Å². The highest BCUT2D eigenvalue weighted by atomic mass is 79.9. The van der Waals surface area contributed by atoms with Gasteiger partial charge in [-0.25, -0.2) is 4.79 Å². The Labute approximate surface area is 109 Å². The number of esters is 1. The number of benzene rings is 1. The Morgan fingerprint density at radius 3 is 2.82 bits per heavy atom. The van der Waals surface area contributed by atoms with E-state index >= 15 is 0 Å². The minimum absolute atomic E-state index is 0.356. The molecule has 1 aromatic carbocycles. The van der Waals surface area contributed by atoms with E-state index in [4.69, 9.17) is 4.74 Å². The van der Waals surface area contributed by atoms with Crippen molar-refractivity contribution in [3.63, 3.8) is 0 Å². The smallest absolute Gasteiger partial charge is 0.332 e. The van der Waals surface area contributed by atoms with E-state index in [-0.39, 0.29) is 5.97 Å². The minimum Gasteiger partial charge on any atom is -0.464 e. The Kier molecular flexibility index (Phi) is 5.28. The van der Waals surface area contributed by atoms with Crippen LogP contribution in [-0.4, -0.2) is 18.6 Å². The fourth-order valence-electron chi connectivity index (χ4n) is 1.19. The van der Waals surface area contributed by atoms with Crippen molar-refractivity contribution in [2.45, 2.75) is 26.8 Å². The molecule has 92 valence electrons. The SMILES string of the molecule is CCOC(=O)C(C)N=Nc1ccc(Br)cc1C. The summed E-state index contributed by atoms with van der Waals surface area (Å²) in [7, 11) is 0. The third kappa shape index (κ3) is 4.26. The van der Waals surface area contributed by atoms with Gasteiger partial charge in [-0.2, -0.15) is 10.2 Å².